The number of hydrogen-bond acceptors (Lipinski definition) is 1. The lowest BCUT2D eigenvalue weighted by atomic mass is 9.92. The average molecular weight is 206 g/mol. The van der Waals surface area contributed by atoms with Gasteiger partial charge in [-0.2, -0.15) is 0 Å². The summed E-state index contributed by atoms with van der Waals surface area (Å²) in [5, 5.41) is 5.25. The van der Waals surface area contributed by atoms with Crippen LogP contribution in [0.3, 0.4) is 0 Å². The van der Waals surface area contributed by atoms with Gasteiger partial charge in [0, 0.05) is 25.4 Å². The minimum Gasteiger partial charge on any atom is -0.338 e. The van der Waals surface area contributed by atoms with Crippen LogP contribution in [0.2, 0.25) is 0 Å². The molecule has 0 aromatic rings. The molecule has 0 radical (unpaired) electrons. The number of amides is 2. The largest absolute Gasteiger partial charge is 0.338 e. The SMILES string of the molecule is CCNC(=O)NC1CCC(F)(F)CC1. The first-order chi connectivity index (χ1) is 6.53. The van der Waals surface area contributed by atoms with E-state index in [2.05, 4.69) is 10.6 Å². The van der Waals surface area contributed by atoms with Crippen molar-refractivity contribution in [1.82, 2.24) is 10.6 Å². The zero-order valence-corrected chi connectivity index (χ0v) is 8.28. The summed E-state index contributed by atoms with van der Waals surface area (Å²) < 4.78 is 25.5. The molecule has 0 aliphatic heterocycles. The van der Waals surface area contributed by atoms with Gasteiger partial charge in [0.15, 0.2) is 0 Å². The maximum Gasteiger partial charge on any atom is 0.314 e. The van der Waals surface area contributed by atoms with Crippen molar-refractivity contribution >= 4 is 6.03 Å². The second kappa shape index (κ2) is 4.57. The first-order valence-electron chi connectivity index (χ1n) is 4.96. The predicted octanol–water partition coefficient (Wildman–Crippen LogP) is 1.88. The molecule has 0 saturated heterocycles. The molecule has 1 aliphatic carbocycles. The standard InChI is InChI=1S/C9H16F2N2O/c1-2-12-8(14)13-7-3-5-9(10,11)6-4-7/h7H,2-6H2,1H3,(H2,12,13,14). The van der Waals surface area contributed by atoms with E-state index in [1.807, 2.05) is 6.92 Å². The van der Waals surface area contributed by atoms with Gasteiger partial charge in [0.25, 0.3) is 0 Å². The van der Waals surface area contributed by atoms with Crippen molar-refractivity contribution in [3.63, 3.8) is 0 Å². The maximum atomic E-state index is 12.7. The first kappa shape index (κ1) is 11.2. The van der Waals surface area contributed by atoms with Crippen molar-refractivity contribution in [2.75, 3.05) is 6.54 Å². The van der Waals surface area contributed by atoms with Crippen LogP contribution < -0.4 is 10.6 Å². The number of hydrogen-bond donors (Lipinski definition) is 2. The highest BCUT2D eigenvalue weighted by Crippen LogP contribution is 2.32. The molecular weight excluding hydrogens is 190 g/mol. The van der Waals surface area contributed by atoms with Crippen molar-refractivity contribution in [2.45, 2.75) is 44.6 Å². The second-order valence-corrected chi connectivity index (χ2v) is 3.63. The quantitative estimate of drug-likeness (QED) is 0.711. The lowest BCUT2D eigenvalue weighted by Gasteiger charge is -2.28. The molecule has 0 bridgehead atoms. The van der Waals surface area contributed by atoms with E-state index in [1.165, 1.54) is 0 Å². The van der Waals surface area contributed by atoms with Crippen LogP contribution in [-0.2, 0) is 0 Å². The molecule has 1 aliphatic rings. The highest BCUT2D eigenvalue weighted by atomic mass is 19.3. The van der Waals surface area contributed by atoms with Gasteiger partial charge in [-0.25, -0.2) is 13.6 Å². The molecular formula is C9H16F2N2O. The summed E-state index contributed by atoms with van der Waals surface area (Å²) in [6.07, 6.45) is 0.489. The van der Waals surface area contributed by atoms with Crippen LogP contribution in [0.15, 0.2) is 0 Å². The van der Waals surface area contributed by atoms with Crippen LogP contribution in [0, 0.1) is 0 Å². The zero-order valence-electron chi connectivity index (χ0n) is 8.28. The molecule has 1 fully saturated rings. The Labute approximate surface area is 82.2 Å². The van der Waals surface area contributed by atoms with Crippen molar-refractivity contribution in [1.29, 1.82) is 0 Å². The molecule has 0 atom stereocenters. The number of halogens is 2. The van der Waals surface area contributed by atoms with E-state index in [1.54, 1.807) is 0 Å². The fourth-order valence-corrected chi connectivity index (χ4v) is 1.58. The van der Waals surface area contributed by atoms with Crippen molar-refractivity contribution in [3.8, 4) is 0 Å². The third-order valence-corrected chi connectivity index (χ3v) is 2.39. The van der Waals surface area contributed by atoms with Crippen molar-refractivity contribution in [2.24, 2.45) is 0 Å². The molecule has 1 saturated carbocycles. The van der Waals surface area contributed by atoms with E-state index in [0.717, 1.165) is 0 Å². The van der Waals surface area contributed by atoms with E-state index < -0.39 is 5.92 Å². The molecule has 5 heteroatoms. The maximum absolute atomic E-state index is 12.7. The predicted molar refractivity (Wildman–Crippen MR) is 49.4 cm³/mol. The molecule has 3 nitrogen and oxygen atoms in total. The van der Waals surface area contributed by atoms with Crippen LogP contribution in [-0.4, -0.2) is 24.5 Å². The topological polar surface area (TPSA) is 41.1 Å². The summed E-state index contributed by atoms with van der Waals surface area (Å²) in [5.41, 5.74) is 0. The van der Waals surface area contributed by atoms with Crippen LogP contribution in [0.1, 0.15) is 32.6 Å². The summed E-state index contributed by atoms with van der Waals surface area (Å²) in [5.74, 6) is -2.53. The van der Waals surface area contributed by atoms with Gasteiger partial charge >= 0.3 is 6.03 Å². The normalized spacial score (nSPS) is 21.6. The van der Waals surface area contributed by atoms with E-state index in [-0.39, 0.29) is 24.9 Å². The Hall–Kier alpha value is -0.870. The minimum absolute atomic E-state index is 0.0961. The van der Waals surface area contributed by atoms with Gasteiger partial charge in [0.05, 0.1) is 0 Å². The van der Waals surface area contributed by atoms with E-state index in [9.17, 15) is 13.6 Å². The Morgan fingerprint density at radius 1 is 1.43 bits per heavy atom. The summed E-state index contributed by atoms with van der Waals surface area (Å²) in [6.45, 7) is 2.36. The van der Waals surface area contributed by atoms with Crippen molar-refractivity contribution in [3.05, 3.63) is 0 Å². The van der Waals surface area contributed by atoms with Gasteiger partial charge in [-0.05, 0) is 19.8 Å². The second-order valence-electron chi connectivity index (χ2n) is 3.63. The van der Waals surface area contributed by atoms with Crippen LogP contribution in [0.25, 0.3) is 0 Å². The molecule has 0 aromatic carbocycles. The highest BCUT2D eigenvalue weighted by molar-refractivity contribution is 5.74. The Balaban J connectivity index is 2.25. The molecule has 82 valence electrons. The van der Waals surface area contributed by atoms with Gasteiger partial charge < -0.3 is 10.6 Å². The van der Waals surface area contributed by atoms with Gasteiger partial charge in [-0.1, -0.05) is 0 Å². The molecule has 14 heavy (non-hydrogen) atoms. The summed E-state index contributed by atoms with van der Waals surface area (Å²) >= 11 is 0. The zero-order chi connectivity index (χ0) is 10.6. The summed E-state index contributed by atoms with van der Waals surface area (Å²) in [4.78, 5) is 11.1. The lowest BCUT2D eigenvalue weighted by Crippen LogP contribution is -2.45. The Bertz CT molecular complexity index is 199. The first-order valence-corrected chi connectivity index (χ1v) is 4.96. The monoisotopic (exact) mass is 206 g/mol. The minimum atomic E-state index is -2.53. The Morgan fingerprint density at radius 2 is 2.00 bits per heavy atom. The molecule has 0 spiro atoms. The van der Waals surface area contributed by atoms with Crippen LogP contribution in [0.4, 0.5) is 13.6 Å². The van der Waals surface area contributed by atoms with Crippen LogP contribution in [0.5, 0.6) is 0 Å². The molecule has 0 aromatic heterocycles. The lowest BCUT2D eigenvalue weighted by molar-refractivity contribution is -0.0395. The fraction of sp³-hybridized carbons (Fsp3) is 0.889. The Morgan fingerprint density at radius 3 is 2.50 bits per heavy atom. The number of carbonyl (C=O) groups excluding carboxylic acids is 1. The van der Waals surface area contributed by atoms with E-state index in [0.29, 0.717) is 19.4 Å². The fourth-order valence-electron chi connectivity index (χ4n) is 1.58. The number of urea groups is 1. The third-order valence-electron chi connectivity index (χ3n) is 2.39. The van der Waals surface area contributed by atoms with Crippen molar-refractivity contribution < 1.29 is 13.6 Å². The molecule has 0 unspecified atom stereocenters. The van der Waals surface area contributed by atoms with Crippen LogP contribution >= 0.6 is 0 Å². The van der Waals surface area contributed by atoms with Gasteiger partial charge in [-0.3, -0.25) is 0 Å². The number of rotatable bonds is 2. The highest BCUT2D eigenvalue weighted by Gasteiger charge is 2.35. The summed E-state index contributed by atoms with van der Waals surface area (Å²) in [6, 6.07) is -0.358. The molecule has 2 amide bonds. The van der Waals surface area contributed by atoms with Gasteiger partial charge in [0.2, 0.25) is 5.92 Å². The van der Waals surface area contributed by atoms with E-state index >= 15 is 0 Å². The number of alkyl halides is 2. The van der Waals surface area contributed by atoms with E-state index in [4.69, 9.17) is 0 Å². The third kappa shape index (κ3) is 3.47. The van der Waals surface area contributed by atoms with Gasteiger partial charge in [0.1, 0.15) is 0 Å². The smallest absolute Gasteiger partial charge is 0.314 e. The number of nitrogens with one attached hydrogen (secondary N) is 2. The Kier molecular flexibility index (Phi) is 3.66. The summed E-state index contributed by atoms with van der Waals surface area (Å²) in [7, 11) is 0. The molecule has 2 N–H and O–H groups in total. The molecule has 0 heterocycles. The molecule has 1 rings (SSSR count). The van der Waals surface area contributed by atoms with Gasteiger partial charge in [-0.15, -0.1) is 0 Å². The number of carbonyl (C=O) groups is 1. The average Bonchev–Trinajstić information content (AvgIpc) is 2.09.